The van der Waals surface area contributed by atoms with E-state index >= 15 is 0 Å². The summed E-state index contributed by atoms with van der Waals surface area (Å²) in [6.07, 6.45) is 7.27. The Morgan fingerprint density at radius 2 is 1.86 bits per heavy atom. The van der Waals surface area contributed by atoms with Crippen LogP contribution in [0.5, 0.6) is 11.5 Å². The number of carbonyl (C=O) groups is 2. The number of ether oxygens (including phenoxy) is 2. The molecule has 0 spiro atoms. The molecule has 1 aliphatic carbocycles. The first-order chi connectivity index (χ1) is 20.3. The fraction of sp³-hybridized carbons (Fsp3) is 0.393. The summed E-state index contributed by atoms with van der Waals surface area (Å²) < 4.78 is 10.7. The van der Waals surface area contributed by atoms with E-state index < -0.39 is 0 Å². The Kier molecular flexibility index (Phi) is 10.8. The van der Waals surface area contributed by atoms with Crippen molar-refractivity contribution in [3.8, 4) is 11.5 Å². The second kappa shape index (κ2) is 14.5. The van der Waals surface area contributed by atoms with Crippen molar-refractivity contribution >= 4 is 64.3 Å². The van der Waals surface area contributed by atoms with E-state index in [-0.39, 0.29) is 41.1 Å². The predicted octanol–water partition coefficient (Wildman–Crippen LogP) is 5.37. The number of nitrogens with zero attached hydrogens (tertiary/aromatic N) is 4. The van der Waals surface area contributed by atoms with Gasteiger partial charge in [0, 0.05) is 41.8 Å². The molecule has 3 N–H and O–H groups in total. The minimum absolute atomic E-state index is 0.0905. The normalized spacial score (nSPS) is 16.3. The number of anilines is 3. The molecule has 0 bridgehead atoms. The summed E-state index contributed by atoms with van der Waals surface area (Å²) >= 11 is 14.6. The van der Waals surface area contributed by atoms with Gasteiger partial charge in [0.05, 0.1) is 37.2 Å². The molecule has 1 saturated carbocycles. The van der Waals surface area contributed by atoms with Gasteiger partial charge in [-0.25, -0.2) is 9.97 Å². The first-order valence-corrected chi connectivity index (χ1v) is 14.9. The maximum Gasteiger partial charge on any atom is 0.243 e. The van der Waals surface area contributed by atoms with E-state index in [1.807, 2.05) is 12.3 Å². The van der Waals surface area contributed by atoms with Gasteiger partial charge in [-0.15, -0.1) is 11.3 Å². The highest BCUT2D eigenvalue weighted by Gasteiger charge is 2.27. The molecule has 2 heterocycles. The van der Waals surface area contributed by atoms with Gasteiger partial charge in [-0.05, 0) is 25.8 Å². The topological polar surface area (TPSA) is 131 Å². The van der Waals surface area contributed by atoms with E-state index in [0.29, 0.717) is 40.9 Å². The van der Waals surface area contributed by atoms with Crippen molar-refractivity contribution in [3.63, 3.8) is 0 Å². The molecule has 2 unspecified atom stereocenters. The van der Waals surface area contributed by atoms with E-state index in [1.165, 1.54) is 36.5 Å². The van der Waals surface area contributed by atoms with Gasteiger partial charge in [0.2, 0.25) is 18.3 Å². The Bertz CT molecular complexity index is 1410. The fourth-order valence-electron chi connectivity index (χ4n) is 4.77. The minimum atomic E-state index is -0.228. The molecule has 224 valence electrons. The van der Waals surface area contributed by atoms with E-state index in [9.17, 15) is 9.59 Å². The van der Waals surface area contributed by atoms with Crippen molar-refractivity contribution in [2.75, 3.05) is 29.8 Å². The maximum atomic E-state index is 12.4. The third-order valence-electron chi connectivity index (χ3n) is 6.86. The third kappa shape index (κ3) is 7.42. The number of methoxy groups -OCH3 is 2. The van der Waals surface area contributed by atoms with Gasteiger partial charge in [-0.2, -0.15) is 4.98 Å². The first-order valence-electron chi connectivity index (χ1n) is 13.3. The number of halogens is 2. The number of benzene rings is 1. The van der Waals surface area contributed by atoms with Gasteiger partial charge in [0.1, 0.15) is 27.4 Å². The number of aryl methyl sites for hydroxylation is 1. The lowest BCUT2D eigenvalue weighted by atomic mass is 9.90. The number of rotatable bonds is 13. The number of aromatic nitrogens is 3. The van der Waals surface area contributed by atoms with Crippen LogP contribution in [-0.4, -0.2) is 53.6 Å². The predicted molar refractivity (Wildman–Crippen MR) is 166 cm³/mol. The largest absolute Gasteiger partial charge is 0.495 e. The van der Waals surface area contributed by atoms with Crippen LogP contribution in [0.25, 0.3) is 0 Å². The van der Waals surface area contributed by atoms with E-state index in [4.69, 9.17) is 37.7 Å². The Morgan fingerprint density at radius 1 is 1.17 bits per heavy atom. The zero-order valence-electron chi connectivity index (χ0n) is 23.6. The molecule has 1 aliphatic rings. The highest BCUT2D eigenvalue weighted by molar-refractivity contribution is 7.09. The number of hydrogen-bond acceptors (Lipinski definition) is 10. The molecule has 0 aliphatic heterocycles. The second-order valence-electron chi connectivity index (χ2n) is 9.63. The number of amides is 2. The molecule has 4 rings (SSSR count). The smallest absolute Gasteiger partial charge is 0.243 e. The van der Waals surface area contributed by atoms with Crippen LogP contribution in [0.3, 0.4) is 0 Å². The molecular formula is C28H33Cl2N7O4S. The number of nitrogens with one attached hydrogen (secondary N) is 3. The van der Waals surface area contributed by atoms with Gasteiger partial charge in [-0.1, -0.05) is 42.6 Å². The molecule has 2 atom stereocenters. The zero-order valence-corrected chi connectivity index (χ0v) is 25.9. The fourth-order valence-corrected chi connectivity index (χ4v) is 6.00. The average molecular weight is 635 g/mol. The summed E-state index contributed by atoms with van der Waals surface area (Å²) in [6.45, 7) is 5.85. The lowest BCUT2D eigenvalue weighted by Crippen LogP contribution is -2.48. The van der Waals surface area contributed by atoms with E-state index in [0.717, 1.165) is 36.4 Å². The lowest BCUT2D eigenvalue weighted by molar-refractivity contribution is -0.117. The highest BCUT2D eigenvalue weighted by atomic mass is 35.5. The van der Waals surface area contributed by atoms with Crippen molar-refractivity contribution in [2.24, 2.45) is 0 Å². The van der Waals surface area contributed by atoms with Crippen LogP contribution in [0.4, 0.5) is 17.5 Å². The van der Waals surface area contributed by atoms with Crippen LogP contribution >= 0.6 is 34.5 Å². The summed E-state index contributed by atoms with van der Waals surface area (Å²) in [6, 6.07) is 1.41. The lowest BCUT2D eigenvalue weighted by Gasteiger charge is -2.32. The average Bonchev–Trinajstić information content (AvgIpc) is 3.41. The summed E-state index contributed by atoms with van der Waals surface area (Å²) in [4.78, 5) is 39.7. The van der Waals surface area contributed by atoms with Crippen LogP contribution in [0.15, 0.2) is 30.3 Å². The molecule has 42 heavy (non-hydrogen) atoms. The Hall–Kier alpha value is -3.61. The Balaban J connectivity index is 1.66. The SMILES string of the molecule is C=CC(=O)NC1CCCCC1Nc1ncc(CNc2c(Cl)c(OC)cc(OC)c2Cl)c(N(C=O)Cc2csc(C)n2)n1. The molecule has 2 aromatic heterocycles. The van der Waals surface area contributed by atoms with Gasteiger partial charge >= 0.3 is 0 Å². The summed E-state index contributed by atoms with van der Waals surface area (Å²) in [5.74, 6) is 1.25. The van der Waals surface area contributed by atoms with Crippen molar-refractivity contribution in [1.29, 1.82) is 0 Å². The molecule has 0 radical (unpaired) electrons. The molecule has 14 heteroatoms. The summed E-state index contributed by atoms with van der Waals surface area (Å²) in [5, 5.41) is 13.0. The quantitative estimate of drug-likeness (QED) is 0.168. The highest BCUT2D eigenvalue weighted by Crippen LogP contribution is 2.44. The van der Waals surface area contributed by atoms with E-state index in [1.54, 1.807) is 12.3 Å². The van der Waals surface area contributed by atoms with Crippen LogP contribution in [0.2, 0.25) is 10.0 Å². The molecule has 0 saturated heterocycles. The van der Waals surface area contributed by atoms with Crippen molar-refractivity contribution < 1.29 is 19.1 Å². The monoisotopic (exact) mass is 633 g/mol. The van der Waals surface area contributed by atoms with Gasteiger partial charge in [0.25, 0.3) is 0 Å². The first kappa shape index (κ1) is 31.3. The van der Waals surface area contributed by atoms with Gasteiger partial charge in [0.15, 0.2) is 0 Å². The molecule has 3 aromatic rings. The van der Waals surface area contributed by atoms with Crippen molar-refractivity contribution in [2.45, 2.75) is 57.8 Å². The van der Waals surface area contributed by atoms with Crippen LogP contribution < -0.4 is 30.3 Å². The number of hydrogen-bond donors (Lipinski definition) is 3. The Morgan fingerprint density at radius 3 is 2.45 bits per heavy atom. The maximum absolute atomic E-state index is 12.4. The Labute approximate surface area is 258 Å². The molecule has 1 aromatic carbocycles. The summed E-state index contributed by atoms with van der Waals surface area (Å²) in [7, 11) is 3.00. The van der Waals surface area contributed by atoms with Crippen molar-refractivity contribution in [3.05, 3.63) is 56.6 Å². The van der Waals surface area contributed by atoms with Crippen LogP contribution in [-0.2, 0) is 22.7 Å². The van der Waals surface area contributed by atoms with Gasteiger partial charge in [-0.3, -0.25) is 14.5 Å². The molecular weight excluding hydrogens is 601 g/mol. The summed E-state index contributed by atoms with van der Waals surface area (Å²) in [5.41, 5.74) is 1.74. The molecule has 11 nitrogen and oxygen atoms in total. The third-order valence-corrected chi connectivity index (χ3v) is 8.44. The standard InChI is InChI=1S/C28H33Cl2N7O4S/c1-5-23(39)34-19-8-6-7-9-20(19)35-28-32-12-17(27(36-28)37(15-38)13-18-14-42-16(2)33-18)11-31-26-24(29)21(40-3)10-22(41-4)25(26)30/h5,10,12,14-15,19-20,31H,1,6-9,11,13H2,2-4H3,(H,34,39)(H,32,35,36). The van der Waals surface area contributed by atoms with E-state index in [2.05, 4.69) is 32.5 Å². The van der Waals surface area contributed by atoms with Crippen LogP contribution in [0.1, 0.15) is 41.9 Å². The number of thiazole rings is 1. The second-order valence-corrected chi connectivity index (χ2v) is 11.4. The zero-order chi connectivity index (χ0) is 30.2. The van der Waals surface area contributed by atoms with Gasteiger partial charge < -0.3 is 25.4 Å². The molecule has 2 amide bonds. The van der Waals surface area contributed by atoms with Crippen LogP contribution in [0, 0.1) is 6.92 Å². The number of carbonyl (C=O) groups excluding carboxylic acids is 2. The minimum Gasteiger partial charge on any atom is -0.495 e. The molecule has 1 fully saturated rings. The van der Waals surface area contributed by atoms with Crippen molar-refractivity contribution in [1.82, 2.24) is 20.3 Å².